The van der Waals surface area contributed by atoms with Crippen LogP contribution in [0.5, 0.6) is 0 Å². The maximum Gasteiger partial charge on any atom is 0.433 e. The molecule has 0 aliphatic carbocycles. The number of nitrogens with zero attached hydrogens (tertiary/aromatic N) is 2. The zero-order valence-corrected chi connectivity index (χ0v) is 9.61. The van der Waals surface area contributed by atoms with Crippen molar-refractivity contribution in [2.24, 2.45) is 4.99 Å². The highest BCUT2D eigenvalue weighted by Crippen LogP contribution is 2.28. The maximum atomic E-state index is 12.3. The van der Waals surface area contributed by atoms with Crippen LogP contribution in [0.25, 0.3) is 0 Å². The molecule has 1 aliphatic heterocycles. The molecule has 0 atom stereocenters. The molecule has 0 amide bonds. The van der Waals surface area contributed by atoms with Gasteiger partial charge in [-0.3, -0.25) is 4.99 Å². The first-order valence-corrected chi connectivity index (χ1v) is 6.02. The molecule has 0 spiro atoms. The van der Waals surface area contributed by atoms with Crippen molar-refractivity contribution in [3.8, 4) is 0 Å². The molecule has 1 N–H and O–H groups in total. The highest BCUT2D eigenvalue weighted by atomic mass is 32.2. The Morgan fingerprint density at radius 3 is 2.65 bits per heavy atom. The van der Waals surface area contributed by atoms with Gasteiger partial charge in [0.25, 0.3) is 0 Å². The molecule has 0 saturated carbocycles. The zero-order valence-electron chi connectivity index (χ0n) is 8.79. The lowest BCUT2D eigenvalue weighted by Crippen LogP contribution is -2.14. The molecule has 0 fully saturated rings. The van der Waals surface area contributed by atoms with Gasteiger partial charge in [-0.2, -0.15) is 13.2 Å². The molecule has 3 nitrogen and oxygen atoms in total. The highest BCUT2D eigenvalue weighted by molar-refractivity contribution is 8.14. The van der Waals surface area contributed by atoms with Gasteiger partial charge in [-0.05, 0) is 18.6 Å². The van der Waals surface area contributed by atoms with Crippen LogP contribution in [0.4, 0.5) is 18.9 Å². The number of pyridine rings is 1. The van der Waals surface area contributed by atoms with Crippen molar-refractivity contribution in [3.63, 3.8) is 0 Å². The van der Waals surface area contributed by atoms with E-state index in [-0.39, 0.29) is 0 Å². The molecule has 0 bridgehead atoms. The monoisotopic (exact) mass is 261 g/mol. The number of aromatic nitrogens is 1. The molecule has 0 unspecified atom stereocenters. The van der Waals surface area contributed by atoms with Gasteiger partial charge in [0.05, 0.1) is 11.9 Å². The van der Waals surface area contributed by atoms with Crippen LogP contribution in [0.2, 0.25) is 0 Å². The Hall–Kier alpha value is -1.24. The Balaban J connectivity index is 2.05. The summed E-state index contributed by atoms with van der Waals surface area (Å²) in [4.78, 5) is 7.58. The summed E-state index contributed by atoms with van der Waals surface area (Å²) < 4.78 is 36.8. The number of hydrogen-bond donors (Lipinski definition) is 1. The van der Waals surface area contributed by atoms with Crippen molar-refractivity contribution in [1.82, 2.24) is 4.98 Å². The molecule has 2 heterocycles. The van der Waals surface area contributed by atoms with Crippen LogP contribution in [0.1, 0.15) is 12.1 Å². The molecule has 1 aromatic heterocycles. The lowest BCUT2D eigenvalue weighted by Gasteiger charge is -2.13. The molecule has 0 saturated heterocycles. The van der Waals surface area contributed by atoms with Crippen molar-refractivity contribution < 1.29 is 13.2 Å². The molecule has 0 aromatic carbocycles. The van der Waals surface area contributed by atoms with Crippen molar-refractivity contribution >= 4 is 22.6 Å². The molecule has 1 aromatic rings. The smallest absolute Gasteiger partial charge is 0.334 e. The molecule has 7 heteroatoms. The fourth-order valence-electron chi connectivity index (χ4n) is 1.29. The first-order valence-electron chi connectivity index (χ1n) is 5.03. The van der Waals surface area contributed by atoms with Crippen LogP contribution in [0, 0.1) is 0 Å². The summed E-state index contributed by atoms with van der Waals surface area (Å²) in [5.74, 6) is 0.972. The molecule has 1 aliphatic rings. The molecule has 2 rings (SSSR count). The summed E-state index contributed by atoms with van der Waals surface area (Å²) in [5.41, 5.74) is -0.368. The van der Waals surface area contributed by atoms with E-state index >= 15 is 0 Å². The number of amidine groups is 1. The number of rotatable bonds is 1. The van der Waals surface area contributed by atoms with Crippen LogP contribution >= 0.6 is 11.8 Å². The minimum Gasteiger partial charge on any atom is -0.334 e. The summed E-state index contributed by atoms with van der Waals surface area (Å²) in [6, 6.07) is 2.31. The third kappa shape index (κ3) is 3.36. The Labute approximate surface area is 101 Å². The lowest BCUT2D eigenvalue weighted by molar-refractivity contribution is -0.141. The van der Waals surface area contributed by atoms with Crippen LogP contribution in [-0.4, -0.2) is 22.4 Å². The number of alkyl halides is 3. The fourth-order valence-corrected chi connectivity index (χ4v) is 2.13. The SMILES string of the molecule is FC(F)(F)c1ccc(NC2=NCCCS2)cn1. The number of nitrogens with one attached hydrogen (secondary N) is 1. The Kier molecular flexibility index (Phi) is 3.56. The third-order valence-corrected chi connectivity index (χ3v) is 3.10. The van der Waals surface area contributed by atoms with E-state index in [1.54, 1.807) is 11.8 Å². The van der Waals surface area contributed by atoms with Crippen molar-refractivity contribution in [1.29, 1.82) is 0 Å². The highest BCUT2D eigenvalue weighted by Gasteiger charge is 2.32. The zero-order chi connectivity index (χ0) is 12.3. The third-order valence-electron chi connectivity index (χ3n) is 2.10. The summed E-state index contributed by atoms with van der Waals surface area (Å²) in [7, 11) is 0. The first kappa shape index (κ1) is 12.2. The van der Waals surface area contributed by atoms with Gasteiger partial charge >= 0.3 is 6.18 Å². The maximum absolute atomic E-state index is 12.3. The summed E-state index contributed by atoms with van der Waals surface area (Å²) >= 11 is 1.56. The van der Waals surface area contributed by atoms with Gasteiger partial charge in [0.15, 0.2) is 5.17 Å². The lowest BCUT2D eigenvalue weighted by atomic mass is 10.3. The number of halogens is 3. The van der Waals surface area contributed by atoms with E-state index in [1.165, 1.54) is 12.3 Å². The Morgan fingerprint density at radius 1 is 1.29 bits per heavy atom. The molecule has 0 radical (unpaired) electrons. The average Bonchev–Trinajstić information content (AvgIpc) is 2.30. The van der Waals surface area contributed by atoms with E-state index < -0.39 is 11.9 Å². The van der Waals surface area contributed by atoms with E-state index in [9.17, 15) is 13.2 Å². The van der Waals surface area contributed by atoms with Gasteiger partial charge in [0, 0.05) is 12.3 Å². The van der Waals surface area contributed by atoms with E-state index in [2.05, 4.69) is 15.3 Å². The topological polar surface area (TPSA) is 37.3 Å². The Bertz CT molecular complexity index is 414. The number of hydrogen-bond acceptors (Lipinski definition) is 4. The second-order valence-corrected chi connectivity index (χ2v) is 4.53. The number of aliphatic imine (C=N–C) groups is 1. The quantitative estimate of drug-likeness (QED) is 0.844. The predicted octanol–water partition coefficient (Wildman–Crippen LogP) is 3.01. The largest absolute Gasteiger partial charge is 0.433 e. The molecular weight excluding hydrogens is 251 g/mol. The van der Waals surface area contributed by atoms with Crippen LogP contribution < -0.4 is 5.32 Å². The van der Waals surface area contributed by atoms with Gasteiger partial charge in [0.2, 0.25) is 0 Å². The van der Waals surface area contributed by atoms with Gasteiger partial charge in [-0.15, -0.1) is 0 Å². The van der Waals surface area contributed by atoms with Gasteiger partial charge in [0.1, 0.15) is 5.69 Å². The first-order chi connectivity index (χ1) is 8.05. The van der Waals surface area contributed by atoms with E-state index in [0.717, 1.165) is 30.0 Å². The predicted molar refractivity (Wildman–Crippen MR) is 62.2 cm³/mol. The van der Waals surface area contributed by atoms with E-state index in [1.807, 2.05) is 0 Å². The molecule has 17 heavy (non-hydrogen) atoms. The minimum atomic E-state index is -4.39. The van der Waals surface area contributed by atoms with Crippen LogP contribution in [0.15, 0.2) is 23.3 Å². The van der Waals surface area contributed by atoms with Gasteiger partial charge < -0.3 is 5.32 Å². The average molecular weight is 261 g/mol. The Morgan fingerprint density at radius 2 is 2.12 bits per heavy atom. The number of anilines is 1. The van der Waals surface area contributed by atoms with Gasteiger partial charge in [-0.1, -0.05) is 11.8 Å². The van der Waals surface area contributed by atoms with Crippen molar-refractivity contribution in [2.45, 2.75) is 12.6 Å². The second-order valence-electron chi connectivity index (χ2n) is 3.44. The summed E-state index contributed by atoms with van der Waals surface area (Å²) in [6.45, 7) is 0.753. The van der Waals surface area contributed by atoms with Crippen LogP contribution in [-0.2, 0) is 6.18 Å². The summed E-state index contributed by atoms with van der Waals surface area (Å²) in [6.07, 6.45) is -2.20. The summed E-state index contributed by atoms with van der Waals surface area (Å²) in [5, 5.41) is 3.68. The molecule has 92 valence electrons. The normalized spacial score (nSPS) is 16.5. The van der Waals surface area contributed by atoms with Crippen LogP contribution in [0.3, 0.4) is 0 Å². The van der Waals surface area contributed by atoms with Gasteiger partial charge in [-0.25, -0.2) is 4.98 Å². The standard InChI is InChI=1S/C10H10F3N3S/c11-10(12,13)8-3-2-7(6-15-8)16-9-14-4-1-5-17-9/h2-3,6H,1,4-5H2,(H,14,16). The minimum absolute atomic E-state index is 0.520. The molecular formula is C10H10F3N3S. The van der Waals surface area contributed by atoms with Crippen molar-refractivity contribution in [3.05, 3.63) is 24.0 Å². The number of thioether (sulfide) groups is 1. The fraction of sp³-hybridized carbons (Fsp3) is 0.400. The second kappa shape index (κ2) is 4.95. The van der Waals surface area contributed by atoms with E-state index in [4.69, 9.17) is 0 Å². The van der Waals surface area contributed by atoms with E-state index in [0.29, 0.717) is 5.69 Å². The van der Waals surface area contributed by atoms with Crippen molar-refractivity contribution in [2.75, 3.05) is 17.6 Å².